The van der Waals surface area contributed by atoms with Gasteiger partial charge in [-0.25, -0.2) is 0 Å². The van der Waals surface area contributed by atoms with Gasteiger partial charge in [-0.15, -0.1) is 0 Å². The molecule has 0 aliphatic carbocycles. The summed E-state index contributed by atoms with van der Waals surface area (Å²) in [6.45, 7) is 0.624. The number of nitrogens with zero attached hydrogens (tertiary/aromatic N) is 3. The Balaban J connectivity index is 2.23. The fourth-order valence-corrected chi connectivity index (χ4v) is 1.53. The van der Waals surface area contributed by atoms with Gasteiger partial charge in [-0.3, -0.25) is 9.67 Å². The van der Waals surface area contributed by atoms with Gasteiger partial charge in [0.05, 0.1) is 24.1 Å². The van der Waals surface area contributed by atoms with Gasteiger partial charge in [0.25, 0.3) is 0 Å². The van der Waals surface area contributed by atoms with Gasteiger partial charge >= 0.3 is 0 Å². The third kappa shape index (κ3) is 1.93. The molecule has 0 aromatic carbocycles. The van der Waals surface area contributed by atoms with Crippen LogP contribution in [0.3, 0.4) is 0 Å². The molecule has 0 atom stereocenters. The Morgan fingerprint density at radius 2 is 2.36 bits per heavy atom. The number of hydrogen-bond acceptors (Lipinski definition) is 3. The van der Waals surface area contributed by atoms with Gasteiger partial charge < -0.3 is 5.73 Å². The zero-order valence-corrected chi connectivity index (χ0v) is 8.98. The lowest BCUT2D eigenvalue weighted by Crippen LogP contribution is -2.02. The summed E-state index contributed by atoms with van der Waals surface area (Å²) in [7, 11) is 0. The van der Waals surface area contributed by atoms with E-state index < -0.39 is 0 Å². The summed E-state index contributed by atoms with van der Waals surface area (Å²) >= 11 is 3.43. The molecule has 0 spiro atoms. The van der Waals surface area contributed by atoms with Crippen LogP contribution in [-0.4, -0.2) is 14.8 Å². The minimum absolute atomic E-state index is 0.624. The second-order valence-electron chi connectivity index (χ2n) is 2.90. The third-order valence-corrected chi connectivity index (χ3v) is 2.52. The molecule has 2 aromatic rings. The predicted octanol–water partition coefficient (Wildman–Crippen LogP) is 1.67. The molecule has 0 fully saturated rings. The molecule has 4 nitrogen and oxygen atoms in total. The van der Waals surface area contributed by atoms with Crippen LogP contribution in [-0.2, 0) is 6.54 Å². The molecule has 2 heterocycles. The van der Waals surface area contributed by atoms with Gasteiger partial charge in [0.15, 0.2) is 0 Å². The maximum absolute atomic E-state index is 5.55. The first-order chi connectivity index (χ1) is 6.75. The van der Waals surface area contributed by atoms with E-state index in [9.17, 15) is 0 Å². The van der Waals surface area contributed by atoms with Gasteiger partial charge in [0.2, 0.25) is 0 Å². The Labute approximate surface area is 89.9 Å². The van der Waals surface area contributed by atoms with Crippen LogP contribution < -0.4 is 5.73 Å². The molecule has 0 saturated carbocycles. The minimum atomic E-state index is 0.624. The second-order valence-corrected chi connectivity index (χ2v) is 3.76. The molecule has 2 aromatic heterocycles. The standard InChI is InChI=1S/C9H9BrN4/c10-8-2-1-3-12-9(8)6-14-5-7(11)4-13-14/h1-5H,6,11H2. The van der Waals surface area contributed by atoms with E-state index in [2.05, 4.69) is 26.0 Å². The minimum Gasteiger partial charge on any atom is -0.396 e. The fraction of sp³-hybridized carbons (Fsp3) is 0.111. The average molecular weight is 253 g/mol. The first kappa shape index (κ1) is 9.21. The van der Waals surface area contributed by atoms with E-state index in [1.54, 1.807) is 23.3 Å². The van der Waals surface area contributed by atoms with Crippen LogP contribution in [0.15, 0.2) is 35.2 Å². The topological polar surface area (TPSA) is 56.7 Å². The van der Waals surface area contributed by atoms with E-state index in [0.29, 0.717) is 12.2 Å². The molecule has 0 amide bonds. The number of nitrogens with two attached hydrogens (primary N) is 1. The number of pyridine rings is 1. The smallest absolute Gasteiger partial charge is 0.0843 e. The SMILES string of the molecule is Nc1cnn(Cc2ncccc2Br)c1. The predicted molar refractivity (Wildman–Crippen MR) is 57.7 cm³/mol. The van der Waals surface area contributed by atoms with E-state index in [-0.39, 0.29) is 0 Å². The molecule has 72 valence electrons. The van der Waals surface area contributed by atoms with Crippen molar-refractivity contribution in [1.29, 1.82) is 0 Å². The molecule has 14 heavy (non-hydrogen) atoms. The monoisotopic (exact) mass is 252 g/mol. The van der Waals surface area contributed by atoms with Gasteiger partial charge in [0.1, 0.15) is 0 Å². The van der Waals surface area contributed by atoms with Gasteiger partial charge in [-0.1, -0.05) is 0 Å². The van der Waals surface area contributed by atoms with Crippen LogP contribution in [0.1, 0.15) is 5.69 Å². The Bertz CT molecular complexity index is 438. The van der Waals surface area contributed by atoms with Crippen molar-refractivity contribution < 1.29 is 0 Å². The molecule has 0 radical (unpaired) electrons. The number of aromatic nitrogens is 3. The molecular weight excluding hydrogens is 244 g/mol. The van der Waals surface area contributed by atoms with Crippen molar-refractivity contribution in [3.8, 4) is 0 Å². The highest BCUT2D eigenvalue weighted by Crippen LogP contribution is 2.14. The zero-order valence-electron chi connectivity index (χ0n) is 7.39. The summed E-state index contributed by atoms with van der Waals surface area (Å²) in [5.74, 6) is 0. The lowest BCUT2D eigenvalue weighted by atomic mass is 10.3. The van der Waals surface area contributed by atoms with E-state index in [0.717, 1.165) is 10.2 Å². The Kier molecular flexibility index (Phi) is 2.49. The van der Waals surface area contributed by atoms with Gasteiger partial charge in [0, 0.05) is 16.9 Å². The number of anilines is 1. The van der Waals surface area contributed by atoms with E-state index in [1.807, 2.05) is 12.1 Å². The van der Waals surface area contributed by atoms with Crippen molar-refractivity contribution in [2.75, 3.05) is 5.73 Å². The van der Waals surface area contributed by atoms with Crippen LogP contribution in [0.4, 0.5) is 5.69 Å². The zero-order chi connectivity index (χ0) is 9.97. The molecule has 0 bridgehead atoms. The third-order valence-electron chi connectivity index (χ3n) is 1.80. The van der Waals surface area contributed by atoms with Crippen molar-refractivity contribution in [2.24, 2.45) is 0 Å². The molecule has 5 heteroatoms. The molecule has 0 aliphatic rings. The van der Waals surface area contributed by atoms with E-state index in [4.69, 9.17) is 5.73 Å². The molecule has 0 unspecified atom stereocenters. The normalized spacial score (nSPS) is 10.4. The summed E-state index contributed by atoms with van der Waals surface area (Å²) in [5, 5.41) is 4.08. The quantitative estimate of drug-likeness (QED) is 0.885. The lowest BCUT2D eigenvalue weighted by molar-refractivity contribution is 0.670. The Morgan fingerprint density at radius 3 is 3.00 bits per heavy atom. The number of halogens is 1. The summed E-state index contributed by atoms with van der Waals surface area (Å²) in [4.78, 5) is 4.23. The highest BCUT2D eigenvalue weighted by Gasteiger charge is 2.01. The number of hydrogen-bond donors (Lipinski definition) is 1. The van der Waals surface area contributed by atoms with Crippen molar-refractivity contribution in [3.05, 3.63) is 40.9 Å². The maximum atomic E-state index is 5.55. The van der Waals surface area contributed by atoms with Crippen LogP contribution in [0.25, 0.3) is 0 Å². The van der Waals surface area contributed by atoms with Crippen LogP contribution in [0.2, 0.25) is 0 Å². The van der Waals surface area contributed by atoms with Crippen LogP contribution in [0, 0.1) is 0 Å². The average Bonchev–Trinajstić information content (AvgIpc) is 2.56. The van der Waals surface area contributed by atoms with Crippen molar-refractivity contribution >= 4 is 21.6 Å². The molecular formula is C9H9BrN4. The molecule has 2 rings (SSSR count). The largest absolute Gasteiger partial charge is 0.396 e. The van der Waals surface area contributed by atoms with E-state index >= 15 is 0 Å². The highest BCUT2D eigenvalue weighted by atomic mass is 79.9. The first-order valence-corrected chi connectivity index (χ1v) is 4.92. The molecule has 2 N–H and O–H groups in total. The van der Waals surface area contributed by atoms with Crippen LogP contribution in [0.5, 0.6) is 0 Å². The maximum Gasteiger partial charge on any atom is 0.0843 e. The van der Waals surface area contributed by atoms with Crippen molar-refractivity contribution in [2.45, 2.75) is 6.54 Å². The first-order valence-electron chi connectivity index (χ1n) is 4.13. The van der Waals surface area contributed by atoms with E-state index in [1.165, 1.54) is 0 Å². The fourth-order valence-electron chi connectivity index (χ4n) is 1.15. The summed E-state index contributed by atoms with van der Waals surface area (Å²) in [5.41, 5.74) is 7.16. The molecule has 0 aliphatic heterocycles. The Hall–Kier alpha value is -1.36. The second kappa shape index (κ2) is 3.79. The van der Waals surface area contributed by atoms with Crippen molar-refractivity contribution in [1.82, 2.24) is 14.8 Å². The highest BCUT2D eigenvalue weighted by molar-refractivity contribution is 9.10. The Morgan fingerprint density at radius 1 is 1.50 bits per heavy atom. The van der Waals surface area contributed by atoms with Gasteiger partial charge in [-0.05, 0) is 28.1 Å². The van der Waals surface area contributed by atoms with Crippen LogP contribution >= 0.6 is 15.9 Å². The summed E-state index contributed by atoms with van der Waals surface area (Å²) < 4.78 is 2.73. The number of rotatable bonds is 2. The number of nitrogen functional groups attached to an aromatic ring is 1. The summed E-state index contributed by atoms with van der Waals surface area (Å²) in [6, 6.07) is 3.83. The lowest BCUT2D eigenvalue weighted by Gasteiger charge is -2.02. The van der Waals surface area contributed by atoms with Gasteiger partial charge in [-0.2, -0.15) is 5.10 Å². The molecule has 0 saturated heterocycles. The summed E-state index contributed by atoms with van der Waals surface area (Å²) in [6.07, 6.45) is 5.16. The van der Waals surface area contributed by atoms with Crippen molar-refractivity contribution in [3.63, 3.8) is 0 Å².